The Morgan fingerprint density at radius 1 is 1.53 bits per heavy atom. The molecule has 0 bridgehead atoms. The summed E-state index contributed by atoms with van der Waals surface area (Å²) in [5.74, 6) is 0. The molecule has 17 heavy (non-hydrogen) atoms. The smallest absolute Gasteiger partial charge is 0.0879 e. The molecule has 96 valence electrons. The van der Waals surface area contributed by atoms with Gasteiger partial charge in [0.05, 0.1) is 5.60 Å². The van der Waals surface area contributed by atoms with Gasteiger partial charge in [0.2, 0.25) is 0 Å². The zero-order valence-corrected chi connectivity index (χ0v) is 11.2. The highest BCUT2D eigenvalue weighted by Crippen LogP contribution is 2.30. The van der Waals surface area contributed by atoms with Gasteiger partial charge in [-0.15, -0.1) is 0 Å². The second kappa shape index (κ2) is 5.96. The molecule has 1 aliphatic rings. The van der Waals surface area contributed by atoms with Crippen molar-refractivity contribution < 1.29 is 9.47 Å². The van der Waals surface area contributed by atoms with E-state index >= 15 is 0 Å². The summed E-state index contributed by atoms with van der Waals surface area (Å²) in [4.78, 5) is 0. The van der Waals surface area contributed by atoms with Gasteiger partial charge in [0.25, 0.3) is 0 Å². The predicted molar refractivity (Wildman–Crippen MR) is 70.4 cm³/mol. The number of hydrogen-bond acceptors (Lipinski definition) is 4. The van der Waals surface area contributed by atoms with Crippen molar-refractivity contribution in [2.24, 2.45) is 5.73 Å². The van der Waals surface area contributed by atoms with Crippen LogP contribution < -0.4 is 5.73 Å². The van der Waals surface area contributed by atoms with Crippen LogP contribution in [0.2, 0.25) is 0 Å². The largest absolute Gasteiger partial charge is 0.381 e. The molecule has 2 rings (SSSR count). The Kier molecular flexibility index (Phi) is 4.56. The number of nitrogens with two attached hydrogens (primary N) is 1. The molecule has 1 fully saturated rings. The maximum atomic E-state index is 6.38. The summed E-state index contributed by atoms with van der Waals surface area (Å²) in [7, 11) is 0. The third-order valence-corrected chi connectivity index (χ3v) is 4.21. The maximum absolute atomic E-state index is 6.38. The van der Waals surface area contributed by atoms with Crippen LogP contribution in [0.15, 0.2) is 16.8 Å². The highest BCUT2D eigenvalue weighted by Gasteiger charge is 2.39. The van der Waals surface area contributed by atoms with Gasteiger partial charge >= 0.3 is 0 Å². The van der Waals surface area contributed by atoms with Crippen LogP contribution in [0.1, 0.15) is 25.3 Å². The summed E-state index contributed by atoms with van der Waals surface area (Å²) in [5.41, 5.74) is 7.51. The minimum absolute atomic E-state index is 0.0564. The Bertz CT molecular complexity index is 315. The monoisotopic (exact) mass is 255 g/mol. The summed E-state index contributed by atoms with van der Waals surface area (Å²) in [6.07, 6.45) is 2.71. The highest BCUT2D eigenvalue weighted by atomic mass is 32.1. The molecule has 0 spiro atoms. The average molecular weight is 255 g/mol. The van der Waals surface area contributed by atoms with E-state index in [2.05, 4.69) is 16.8 Å². The first-order chi connectivity index (χ1) is 8.27. The molecule has 1 unspecified atom stereocenters. The van der Waals surface area contributed by atoms with Crippen LogP contribution in [0.25, 0.3) is 0 Å². The van der Waals surface area contributed by atoms with Gasteiger partial charge in [0.1, 0.15) is 0 Å². The van der Waals surface area contributed by atoms with Crippen molar-refractivity contribution in [2.75, 3.05) is 19.8 Å². The summed E-state index contributed by atoms with van der Waals surface area (Å²) in [5, 5.41) is 4.26. The minimum atomic E-state index is -0.186. The van der Waals surface area contributed by atoms with Gasteiger partial charge in [-0.3, -0.25) is 0 Å². The molecule has 1 aromatic heterocycles. The molecule has 0 saturated carbocycles. The third kappa shape index (κ3) is 3.07. The maximum Gasteiger partial charge on any atom is 0.0879 e. The van der Waals surface area contributed by atoms with Crippen molar-refractivity contribution >= 4 is 11.3 Å². The van der Waals surface area contributed by atoms with E-state index in [9.17, 15) is 0 Å². The van der Waals surface area contributed by atoms with Crippen molar-refractivity contribution in [1.29, 1.82) is 0 Å². The second-order valence-corrected chi connectivity index (χ2v) is 5.33. The zero-order chi connectivity index (χ0) is 12.1. The van der Waals surface area contributed by atoms with E-state index in [1.165, 1.54) is 5.56 Å². The number of ether oxygens (including phenoxy) is 2. The molecule has 2 N–H and O–H groups in total. The molecule has 4 heteroatoms. The first-order valence-electron chi connectivity index (χ1n) is 6.25. The lowest BCUT2D eigenvalue weighted by Crippen LogP contribution is -2.54. The van der Waals surface area contributed by atoms with Gasteiger partial charge in [-0.1, -0.05) is 0 Å². The Labute approximate surface area is 107 Å². The highest BCUT2D eigenvalue weighted by molar-refractivity contribution is 7.07. The van der Waals surface area contributed by atoms with Crippen molar-refractivity contribution in [2.45, 2.75) is 37.8 Å². The topological polar surface area (TPSA) is 44.5 Å². The van der Waals surface area contributed by atoms with E-state index in [0.717, 1.165) is 39.1 Å². The van der Waals surface area contributed by atoms with E-state index in [0.29, 0.717) is 0 Å². The molecular formula is C13H21NO2S. The molecule has 1 atom stereocenters. The Morgan fingerprint density at radius 3 is 2.88 bits per heavy atom. The van der Waals surface area contributed by atoms with Crippen LogP contribution in [0.3, 0.4) is 0 Å². The van der Waals surface area contributed by atoms with E-state index in [1.807, 2.05) is 6.92 Å². The average Bonchev–Trinajstić information content (AvgIpc) is 2.83. The first-order valence-corrected chi connectivity index (χ1v) is 7.19. The molecule has 3 nitrogen and oxygen atoms in total. The molecule has 1 aliphatic heterocycles. The normalized spacial score (nSPS) is 21.3. The number of thiophene rings is 1. The molecule has 1 aromatic rings. The standard InChI is InChI=1S/C13H21NO2S/c1-2-16-13(4-6-15-7-5-13)12(14)9-11-3-8-17-10-11/h3,8,10,12H,2,4-7,9,14H2,1H3. The SMILES string of the molecule is CCOC1(C(N)Cc2ccsc2)CCOCC1. The second-order valence-electron chi connectivity index (χ2n) is 4.55. The van der Waals surface area contributed by atoms with Gasteiger partial charge < -0.3 is 15.2 Å². The van der Waals surface area contributed by atoms with Gasteiger partial charge in [0.15, 0.2) is 0 Å². The van der Waals surface area contributed by atoms with Crippen molar-refractivity contribution in [3.63, 3.8) is 0 Å². The fourth-order valence-electron chi connectivity index (χ4n) is 2.48. The van der Waals surface area contributed by atoms with Crippen LogP contribution >= 0.6 is 11.3 Å². The lowest BCUT2D eigenvalue weighted by molar-refractivity contribution is -0.120. The van der Waals surface area contributed by atoms with E-state index < -0.39 is 0 Å². The van der Waals surface area contributed by atoms with E-state index in [1.54, 1.807) is 11.3 Å². The Morgan fingerprint density at radius 2 is 2.29 bits per heavy atom. The molecule has 1 saturated heterocycles. The molecule has 0 aliphatic carbocycles. The van der Waals surface area contributed by atoms with Gasteiger partial charge in [-0.25, -0.2) is 0 Å². The quantitative estimate of drug-likeness (QED) is 0.877. The van der Waals surface area contributed by atoms with E-state index in [-0.39, 0.29) is 11.6 Å². The van der Waals surface area contributed by atoms with Crippen molar-refractivity contribution in [3.05, 3.63) is 22.4 Å². The van der Waals surface area contributed by atoms with Crippen molar-refractivity contribution in [1.82, 2.24) is 0 Å². The summed E-state index contributed by atoms with van der Waals surface area (Å²) >= 11 is 1.72. The number of hydrogen-bond donors (Lipinski definition) is 1. The third-order valence-electron chi connectivity index (χ3n) is 3.48. The van der Waals surface area contributed by atoms with Crippen LogP contribution in [0.4, 0.5) is 0 Å². The lowest BCUT2D eigenvalue weighted by atomic mass is 9.83. The van der Waals surface area contributed by atoms with Gasteiger partial charge in [-0.05, 0) is 35.7 Å². The summed E-state index contributed by atoms with van der Waals surface area (Å²) in [6.45, 7) is 4.28. The van der Waals surface area contributed by atoms with Crippen LogP contribution in [-0.2, 0) is 15.9 Å². The van der Waals surface area contributed by atoms with Gasteiger partial charge in [-0.2, -0.15) is 11.3 Å². The molecule has 0 aromatic carbocycles. The van der Waals surface area contributed by atoms with Gasteiger partial charge in [0, 0.05) is 38.7 Å². The molecule has 0 amide bonds. The zero-order valence-electron chi connectivity index (χ0n) is 10.4. The molecular weight excluding hydrogens is 234 g/mol. The molecule has 0 radical (unpaired) electrons. The Balaban J connectivity index is 2.03. The van der Waals surface area contributed by atoms with Crippen LogP contribution in [0, 0.1) is 0 Å². The van der Waals surface area contributed by atoms with Crippen LogP contribution in [-0.4, -0.2) is 31.5 Å². The minimum Gasteiger partial charge on any atom is -0.381 e. The summed E-state index contributed by atoms with van der Waals surface area (Å²) in [6, 6.07) is 2.20. The first kappa shape index (κ1) is 13.0. The van der Waals surface area contributed by atoms with Crippen LogP contribution in [0.5, 0.6) is 0 Å². The van der Waals surface area contributed by atoms with Crippen molar-refractivity contribution in [3.8, 4) is 0 Å². The van der Waals surface area contributed by atoms with E-state index in [4.69, 9.17) is 15.2 Å². The fourth-order valence-corrected chi connectivity index (χ4v) is 3.16. The fraction of sp³-hybridized carbons (Fsp3) is 0.692. The molecule has 2 heterocycles. The summed E-state index contributed by atoms with van der Waals surface area (Å²) < 4.78 is 11.4. The lowest BCUT2D eigenvalue weighted by Gasteiger charge is -2.41. The number of rotatable bonds is 5. The predicted octanol–water partition coefficient (Wildman–Crippen LogP) is 2.20. The Hall–Kier alpha value is -0.420.